The molecule has 0 saturated heterocycles. The van der Waals surface area contributed by atoms with Gasteiger partial charge in [-0.15, -0.1) is 0 Å². The lowest BCUT2D eigenvalue weighted by Gasteiger charge is -2.12. The third kappa shape index (κ3) is 3.55. The summed E-state index contributed by atoms with van der Waals surface area (Å²) in [7, 11) is 5.67. The second kappa shape index (κ2) is 7.58. The summed E-state index contributed by atoms with van der Waals surface area (Å²) in [5.41, 5.74) is 2.21. The average Bonchev–Trinajstić information content (AvgIpc) is 3.01. The summed E-state index contributed by atoms with van der Waals surface area (Å²) in [5.74, 6) is 0.625. The molecular weight excluding hydrogens is 328 g/mol. The maximum atomic E-state index is 12.8. The molecule has 26 heavy (non-hydrogen) atoms. The Bertz CT molecular complexity index is 931. The molecule has 0 atom stereocenters. The molecule has 0 saturated carbocycles. The molecule has 0 aliphatic rings. The highest BCUT2D eigenvalue weighted by molar-refractivity contribution is 6.10. The van der Waals surface area contributed by atoms with E-state index in [4.69, 9.17) is 4.74 Å². The van der Waals surface area contributed by atoms with Crippen molar-refractivity contribution in [3.8, 4) is 5.75 Å². The van der Waals surface area contributed by atoms with Crippen molar-refractivity contribution in [3.63, 3.8) is 0 Å². The smallest absolute Gasteiger partial charge is 0.259 e. The van der Waals surface area contributed by atoms with E-state index in [-0.39, 0.29) is 5.91 Å². The van der Waals surface area contributed by atoms with Crippen LogP contribution in [-0.4, -0.2) is 48.3 Å². The molecular formula is C20H24N4O2. The Morgan fingerprint density at radius 3 is 2.62 bits per heavy atom. The number of likely N-dealkylation sites (N-methyl/N-ethyl adjacent to an activating group) is 1. The summed E-state index contributed by atoms with van der Waals surface area (Å²) in [5, 5.41) is 9.27. The Labute approximate surface area is 153 Å². The van der Waals surface area contributed by atoms with Crippen LogP contribution in [0.1, 0.15) is 16.1 Å². The molecule has 0 spiro atoms. The summed E-state index contributed by atoms with van der Waals surface area (Å²) < 4.78 is 7.27. The van der Waals surface area contributed by atoms with Crippen molar-refractivity contribution in [3.05, 3.63) is 53.9 Å². The predicted molar refractivity (Wildman–Crippen MR) is 104 cm³/mol. The molecule has 6 heteroatoms. The number of rotatable bonds is 6. The molecule has 0 radical (unpaired) electrons. The molecule has 136 valence electrons. The minimum atomic E-state index is -0.158. The maximum Gasteiger partial charge on any atom is 0.259 e. The lowest BCUT2D eigenvalue weighted by Crippen LogP contribution is -2.20. The molecule has 0 unspecified atom stereocenters. The van der Waals surface area contributed by atoms with Gasteiger partial charge < -0.3 is 15.0 Å². The van der Waals surface area contributed by atoms with E-state index in [1.807, 2.05) is 62.1 Å². The monoisotopic (exact) mass is 352 g/mol. The number of hydrogen-bond acceptors (Lipinski definition) is 4. The van der Waals surface area contributed by atoms with Gasteiger partial charge in [0.1, 0.15) is 5.75 Å². The van der Waals surface area contributed by atoms with E-state index in [0.717, 1.165) is 41.0 Å². The van der Waals surface area contributed by atoms with Gasteiger partial charge in [-0.25, -0.2) is 0 Å². The number of fused-ring (bicyclic) bond motifs is 1. The SMILES string of the molecule is COc1ccc(NC(=O)c2cnn(CCN(C)C)c2C)c2ccccc12. The van der Waals surface area contributed by atoms with Crippen molar-refractivity contribution in [1.82, 2.24) is 14.7 Å². The first kappa shape index (κ1) is 17.9. The van der Waals surface area contributed by atoms with E-state index in [1.165, 1.54) is 0 Å². The second-order valence-corrected chi connectivity index (χ2v) is 6.49. The quantitative estimate of drug-likeness (QED) is 0.740. The number of ether oxygens (including phenoxy) is 1. The number of benzene rings is 2. The fourth-order valence-electron chi connectivity index (χ4n) is 2.94. The largest absolute Gasteiger partial charge is 0.496 e. The van der Waals surface area contributed by atoms with Gasteiger partial charge in [0.05, 0.1) is 25.4 Å². The van der Waals surface area contributed by atoms with E-state index >= 15 is 0 Å². The van der Waals surface area contributed by atoms with Gasteiger partial charge in [-0.2, -0.15) is 5.10 Å². The molecule has 0 aliphatic heterocycles. The Kier molecular flexibility index (Phi) is 5.23. The second-order valence-electron chi connectivity index (χ2n) is 6.49. The summed E-state index contributed by atoms with van der Waals surface area (Å²) in [6.07, 6.45) is 1.63. The lowest BCUT2D eigenvalue weighted by atomic mass is 10.1. The predicted octanol–water partition coefficient (Wildman–Crippen LogP) is 3.17. The van der Waals surface area contributed by atoms with Crippen LogP contribution in [0.5, 0.6) is 5.75 Å². The molecule has 0 bridgehead atoms. The molecule has 2 aromatic carbocycles. The number of nitrogens with one attached hydrogen (secondary N) is 1. The first-order chi connectivity index (χ1) is 12.5. The topological polar surface area (TPSA) is 59.4 Å². The molecule has 0 fully saturated rings. The highest BCUT2D eigenvalue weighted by Gasteiger charge is 2.16. The van der Waals surface area contributed by atoms with Crippen molar-refractivity contribution in [1.29, 1.82) is 0 Å². The number of carbonyl (C=O) groups is 1. The number of methoxy groups -OCH3 is 1. The lowest BCUT2D eigenvalue weighted by molar-refractivity contribution is 0.102. The fraction of sp³-hybridized carbons (Fsp3) is 0.300. The van der Waals surface area contributed by atoms with Crippen LogP contribution in [0.3, 0.4) is 0 Å². The molecule has 3 aromatic rings. The number of amides is 1. The zero-order chi connectivity index (χ0) is 18.7. The van der Waals surface area contributed by atoms with Gasteiger partial charge in [-0.1, -0.05) is 24.3 Å². The number of anilines is 1. The van der Waals surface area contributed by atoms with Crippen molar-refractivity contribution in [2.45, 2.75) is 13.5 Å². The van der Waals surface area contributed by atoms with Crippen LogP contribution < -0.4 is 10.1 Å². The highest BCUT2D eigenvalue weighted by atomic mass is 16.5. The van der Waals surface area contributed by atoms with Gasteiger partial charge in [0.25, 0.3) is 5.91 Å². The van der Waals surface area contributed by atoms with Crippen molar-refractivity contribution in [2.75, 3.05) is 33.1 Å². The maximum absolute atomic E-state index is 12.8. The van der Waals surface area contributed by atoms with Crippen LogP contribution in [0, 0.1) is 6.92 Å². The van der Waals surface area contributed by atoms with Gasteiger partial charge in [0, 0.05) is 28.7 Å². The number of carbonyl (C=O) groups excluding carboxylic acids is 1. The third-order valence-corrected chi connectivity index (χ3v) is 4.46. The van der Waals surface area contributed by atoms with Crippen LogP contribution in [-0.2, 0) is 6.54 Å². The molecule has 0 aliphatic carbocycles. The highest BCUT2D eigenvalue weighted by Crippen LogP contribution is 2.31. The number of nitrogens with zero attached hydrogens (tertiary/aromatic N) is 3. The van der Waals surface area contributed by atoms with Crippen LogP contribution in [0.25, 0.3) is 10.8 Å². The van der Waals surface area contributed by atoms with E-state index in [2.05, 4.69) is 15.3 Å². The van der Waals surface area contributed by atoms with Gasteiger partial charge in [-0.3, -0.25) is 9.48 Å². The molecule has 1 heterocycles. The van der Waals surface area contributed by atoms with Crippen molar-refractivity contribution >= 4 is 22.4 Å². The summed E-state index contributed by atoms with van der Waals surface area (Å²) in [6.45, 7) is 3.54. The molecule has 6 nitrogen and oxygen atoms in total. The minimum absolute atomic E-state index is 0.158. The number of aromatic nitrogens is 2. The van der Waals surface area contributed by atoms with E-state index < -0.39 is 0 Å². The molecule has 3 rings (SSSR count). The van der Waals surface area contributed by atoms with E-state index in [9.17, 15) is 4.79 Å². The van der Waals surface area contributed by atoms with Crippen LogP contribution in [0.2, 0.25) is 0 Å². The molecule has 1 N–H and O–H groups in total. The Hall–Kier alpha value is -2.86. The van der Waals surface area contributed by atoms with Gasteiger partial charge in [-0.05, 0) is 33.2 Å². The van der Waals surface area contributed by atoms with E-state index in [0.29, 0.717) is 5.56 Å². The van der Waals surface area contributed by atoms with Crippen LogP contribution in [0.4, 0.5) is 5.69 Å². The summed E-state index contributed by atoms with van der Waals surface area (Å²) >= 11 is 0. The summed E-state index contributed by atoms with van der Waals surface area (Å²) in [4.78, 5) is 14.9. The van der Waals surface area contributed by atoms with Gasteiger partial charge in [0.15, 0.2) is 0 Å². The fourth-order valence-corrected chi connectivity index (χ4v) is 2.94. The standard InChI is InChI=1S/C20H24N4O2/c1-14-17(13-21-24(14)12-11-23(2)3)20(25)22-18-9-10-19(26-4)16-8-6-5-7-15(16)18/h5-10,13H,11-12H2,1-4H3,(H,22,25). The zero-order valence-corrected chi connectivity index (χ0v) is 15.6. The van der Waals surface area contributed by atoms with Crippen molar-refractivity contribution < 1.29 is 9.53 Å². The molecule has 1 aromatic heterocycles. The Morgan fingerprint density at radius 1 is 1.19 bits per heavy atom. The Morgan fingerprint density at radius 2 is 1.92 bits per heavy atom. The minimum Gasteiger partial charge on any atom is -0.496 e. The third-order valence-electron chi connectivity index (χ3n) is 4.46. The zero-order valence-electron chi connectivity index (χ0n) is 15.6. The van der Waals surface area contributed by atoms with Gasteiger partial charge in [0.2, 0.25) is 0 Å². The Balaban J connectivity index is 1.86. The first-order valence-electron chi connectivity index (χ1n) is 8.55. The molecule has 1 amide bonds. The normalized spacial score (nSPS) is 11.1. The van der Waals surface area contributed by atoms with Gasteiger partial charge >= 0.3 is 0 Å². The average molecular weight is 352 g/mol. The number of hydrogen-bond donors (Lipinski definition) is 1. The van der Waals surface area contributed by atoms with Crippen LogP contribution >= 0.6 is 0 Å². The van der Waals surface area contributed by atoms with Crippen LogP contribution in [0.15, 0.2) is 42.6 Å². The van der Waals surface area contributed by atoms with E-state index in [1.54, 1.807) is 13.3 Å². The summed E-state index contributed by atoms with van der Waals surface area (Å²) in [6, 6.07) is 11.6. The van der Waals surface area contributed by atoms with Crippen molar-refractivity contribution in [2.24, 2.45) is 0 Å². The first-order valence-corrected chi connectivity index (χ1v) is 8.55.